The summed E-state index contributed by atoms with van der Waals surface area (Å²) in [5.74, 6) is 1.01. The lowest BCUT2D eigenvalue weighted by atomic mass is 10.1. The van der Waals surface area contributed by atoms with Crippen molar-refractivity contribution in [2.45, 2.75) is 37.9 Å². The van der Waals surface area contributed by atoms with Crippen LogP contribution in [0.15, 0.2) is 4.99 Å². The van der Waals surface area contributed by atoms with Crippen LogP contribution in [-0.2, 0) is 9.47 Å². The number of morpholine rings is 1. The van der Waals surface area contributed by atoms with Gasteiger partial charge in [-0.2, -0.15) is 0 Å². The number of rotatable bonds is 5. The van der Waals surface area contributed by atoms with Gasteiger partial charge in [-0.05, 0) is 52.4 Å². The fourth-order valence-corrected chi connectivity index (χ4v) is 4.15. The zero-order valence-electron chi connectivity index (χ0n) is 17.1. The van der Waals surface area contributed by atoms with Gasteiger partial charge >= 0.3 is 0 Å². The molecular formula is C19H38IN5O2. The van der Waals surface area contributed by atoms with Crippen molar-refractivity contribution in [3.63, 3.8) is 0 Å². The molecule has 0 aromatic heterocycles. The zero-order valence-corrected chi connectivity index (χ0v) is 19.4. The minimum absolute atomic E-state index is 0. The predicted molar refractivity (Wildman–Crippen MR) is 120 cm³/mol. The highest BCUT2D eigenvalue weighted by molar-refractivity contribution is 14.0. The SMILES string of the molecule is CN=C(NCCCN1CCCN(C)CC1)N1CCOC(C2CCCO2)C1.I. The fourth-order valence-electron chi connectivity index (χ4n) is 4.15. The average molecular weight is 495 g/mol. The van der Waals surface area contributed by atoms with Crippen molar-refractivity contribution < 1.29 is 9.47 Å². The largest absolute Gasteiger partial charge is 0.375 e. The van der Waals surface area contributed by atoms with Crippen LogP contribution in [0.5, 0.6) is 0 Å². The summed E-state index contributed by atoms with van der Waals surface area (Å²) in [5.41, 5.74) is 0. The van der Waals surface area contributed by atoms with Crippen molar-refractivity contribution in [3.05, 3.63) is 0 Å². The van der Waals surface area contributed by atoms with E-state index in [0.717, 1.165) is 58.1 Å². The summed E-state index contributed by atoms with van der Waals surface area (Å²) < 4.78 is 11.8. The first kappa shape index (κ1) is 23.1. The number of hydrogen-bond donors (Lipinski definition) is 1. The van der Waals surface area contributed by atoms with E-state index < -0.39 is 0 Å². The lowest BCUT2D eigenvalue weighted by Gasteiger charge is -2.37. The molecule has 8 heteroatoms. The van der Waals surface area contributed by atoms with E-state index in [4.69, 9.17) is 9.47 Å². The molecule has 2 unspecified atom stereocenters. The van der Waals surface area contributed by atoms with Gasteiger partial charge in [-0.15, -0.1) is 24.0 Å². The normalized spacial score (nSPS) is 28.7. The van der Waals surface area contributed by atoms with Gasteiger partial charge < -0.3 is 29.5 Å². The first-order chi connectivity index (χ1) is 12.8. The van der Waals surface area contributed by atoms with Crippen molar-refractivity contribution >= 4 is 29.9 Å². The second-order valence-electron chi connectivity index (χ2n) is 7.73. The molecule has 7 nitrogen and oxygen atoms in total. The molecule has 3 aliphatic rings. The molecule has 3 saturated heterocycles. The van der Waals surface area contributed by atoms with Gasteiger partial charge in [0.05, 0.1) is 12.7 Å². The Hall–Kier alpha value is -0.160. The molecule has 0 aromatic rings. The van der Waals surface area contributed by atoms with Gasteiger partial charge in [-0.25, -0.2) is 0 Å². The highest BCUT2D eigenvalue weighted by Crippen LogP contribution is 2.21. The molecule has 0 amide bonds. The van der Waals surface area contributed by atoms with E-state index >= 15 is 0 Å². The number of ether oxygens (including phenoxy) is 2. The van der Waals surface area contributed by atoms with E-state index in [-0.39, 0.29) is 36.2 Å². The van der Waals surface area contributed by atoms with Crippen LogP contribution in [0.2, 0.25) is 0 Å². The van der Waals surface area contributed by atoms with E-state index in [1.807, 2.05) is 7.05 Å². The van der Waals surface area contributed by atoms with Gasteiger partial charge in [0, 0.05) is 46.4 Å². The molecule has 0 aliphatic carbocycles. The van der Waals surface area contributed by atoms with Crippen molar-refractivity contribution in [1.82, 2.24) is 20.0 Å². The molecule has 3 heterocycles. The van der Waals surface area contributed by atoms with E-state index in [1.165, 1.54) is 39.1 Å². The smallest absolute Gasteiger partial charge is 0.193 e. The van der Waals surface area contributed by atoms with Crippen LogP contribution in [0.1, 0.15) is 25.7 Å². The maximum atomic E-state index is 5.95. The van der Waals surface area contributed by atoms with E-state index in [9.17, 15) is 0 Å². The van der Waals surface area contributed by atoms with E-state index in [0.29, 0.717) is 0 Å². The van der Waals surface area contributed by atoms with Crippen LogP contribution in [0.3, 0.4) is 0 Å². The molecule has 158 valence electrons. The van der Waals surface area contributed by atoms with Crippen LogP contribution < -0.4 is 5.32 Å². The number of nitrogens with zero attached hydrogens (tertiary/aromatic N) is 4. The number of aliphatic imine (C=N–C) groups is 1. The minimum atomic E-state index is 0. The lowest BCUT2D eigenvalue weighted by molar-refractivity contribution is -0.0816. The third-order valence-corrected chi connectivity index (χ3v) is 5.73. The molecule has 0 saturated carbocycles. The summed E-state index contributed by atoms with van der Waals surface area (Å²) in [6, 6.07) is 0. The molecule has 0 radical (unpaired) electrons. The van der Waals surface area contributed by atoms with Gasteiger partial charge in [0.25, 0.3) is 0 Å². The van der Waals surface area contributed by atoms with E-state index in [1.54, 1.807) is 0 Å². The summed E-state index contributed by atoms with van der Waals surface area (Å²) in [6.07, 6.45) is 5.15. The quantitative estimate of drug-likeness (QED) is 0.267. The topological polar surface area (TPSA) is 52.6 Å². The summed E-state index contributed by atoms with van der Waals surface area (Å²) >= 11 is 0. The third kappa shape index (κ3) is 7.30. The number of likely N-dealkylation sites (N-methyl/N-ethyl adjacent to an activating group) is 1. The van der Waals surface area contributed by atoms with Gasteiger partial charge in [0.2, 0.25) is 0 Å². The maximum absolute atomic E-state index is 5.95. The first-order valence-electron chi connectivity index (χ1n) is 10.4. The van der Waals surface area contributed by atoms with Gasteiger partial charge in [0.1, 0.15) is 6.10 Å². The van der Waals surface area contributed by atoms with Crippen molar-refractivity contribution in [2.24, 2.45) is 4.99 Å². The third-order valence-electron chi connectivity index (χ3n) is 5.73. The number of hydrogen-bond acceptors (Lipinski definition) is 5. The van der Waals surface area contributed by atoms with Crippen LogP contribution >= 0.6 is 24.0 Å². The number of nitrogens with one attached hydrogen (secondary N) is 1. The standard InChI is InChI=1S/C19H37N5O2.HI/c1-20-19(21-7-4-9-23-10-5-8-22(2)11-12-23)24-13-15-26-18(16-24)17-6-3-14-25-17;/h17-18H,3-16H2,1-2H3,(H,20,21);1H. The monoisotopic (exact) mass is 495 g/mol. The number of guanidine groups is 1. The molecule has 3 fully saturated rings. The highest BCUT2D eigenvalue weighted by atomic mass is 127. The Labute approximate surface area is 181 Å². The van der Waals surface area contributed by atoms with Crippen LogP contribution in [-0.4, -0.2) is 113 Å². The van der Waals surface area contributed by atoms with Crippen molar-refractivity contribution in [2.75, 3.05) is 79.7 Å². The second-order valence-corrected chi connectivity index (χ2v) is 7.73. The molecule has 27 heavy (non-hydrogen) atoms. The lowest BCUT2D eigenvalue weighted by Crippen LogP contribution is -2.53. The summed E-state index contributed by atoms with van der Waals surface area (Å²) in [7, 11) is 4.10. The Morgan fingerprint density at radius 1 is 1.04 bits per heavy atom. The van der Waals surface area contributed by atoms with Crippen LogP contribution in [0.4, 0.5) is 0 Å². The zero-order chi connectivity index (χ0) is 18.2. The predicted octanol–water partition coefficient (Wildman–Crippen LogP) is 1.09. The molecule has 0 bridgehead atoms. The Bertz CT molecular complexity index is 448. The molecule has 0 aromatic carbocycles. The van der Waals surface area contributed by atoms with E-state index in [2.05, 4.69) is 32.1 Å². The molecule has 2 atom stereocenters. The highest BCUT2D eigenvalue weighted by Gasteiger charge is 2.32. The molecule has 3 aliphatic heterocycles. The Balaban J connectivity index is 0.00000261. The van der Waals surface area contributed by atoms with Crippen molar-refractivity contribution in [3.8, 4) is 0 Å². The van der Waals surface area contributed by atoms with Gasteiger partial charge in [-0.1, -0.05) is 0 Å². The van der Waals surface area contributed by atoms with Crippen LogP contribution in [0, 0.1) is 0 Å². The summed E-state index contributed by atoms with van der Waals surface area (Å²) in [5, 5.41) is 3.56. The van der Waals surface area contributed by atoms with Crippen molar-refractivity contribution in [1.29, 1.82) is 0 Å². The molecule has 3 rings (SSSR count). The Morgan fingerprint density at radius 3 is 2.67 bits per heavy atom. The van der Waals surface area contributed by atoms with Gasteiger partial charge in [0.15, 0.2) is 5.96 Å². The second kappa shape index (κ2) is 12.4. The summed E-state index contributed by atoms with van der Waals surface area (Å²) in [4.78, 5) is 11.9. The van der Waals surface area contributed by atoms with Gasteiger partial charge in [-0.3, -0.25) is 4.99 Å². The molecular weight excluding hydrogens is 457 g/mol. The molecule has 1 N–H and O–H groups in total. The minimum Gasteiger partial charge on any atom is -0.375 e. The Kier molecular flexibility index (Phi) is 10.6. The fraction of sp³-hybridized carbons (Fsp3) is 0.947. The Morgan fingerprint density at radius 2 is 1.89 bits per heavy atom. The first-order valence-corrected chi connectivity index (χ1v) is 10.4. The van der Waals surface area contributed by atoms with Crippen LogP contribution in [0.25, 0.3) is 0 Å². The summed E-state index contributed by atoms with van der Waals surface area (Å²) in [6.45, 7) is 10.4. The average Bonchev–Trinajstić information content (AvgIpc) is 3.13. The maximum Gasteiger partial charge on any atom is 0.193 e. The molecule has 0 spiro atoms. The number of halogens is 1.